The summed E-state index contributed by atoms with van der Waals surface area (Å²) < 4.78 is 0. The van der Waals surface area contributed by atoms with Crippen molar-refractivity contribution < 1.29 is 9.59 Å². The van der Waals surface area contributed by atoms with Crippen LogP contribution in [-0.2, 0) is 9.59 Å². The average Bonchev–Trinajstić information content (AvgIpc) is 3.26. The first kappa shape index (κ1) is 17.8. The summed E-state index contributed by atoms with van der Waals surface area (Å²) in [7, 11) is 4.00. The molecule has 1 saturated carbocycles. The molecule has 0 radical (unpaired) electrons. The fourth-order valence-electron chi connectivity index (χ4n) is 2.51. The molecular weight excluding hydrogens is 314 g/mol. The highest BCUT2D eigenvalue weighted by molar-refractivity contribution is 6.30. The molecule has 2 unspecified atom stereocenters. The third-order valence-corrected chi connectivity index (χ3v) is 4.23. The molecule has 1 fully saturated rings. The van der Waals surface area contributed by atoms with Crippen molar-refractivity contribution in [1.82, 2.24) is 10.2 Å². The number of halogens is 1. The predicted octanol–water partition coefficient (Wildman–Crippen LogP) is 2.29. The number of hydrogen-bond donors (Lipinski definition) is 2. The smallest absolute Gasteiger partial charge is 0.228 e. The van der Waals surface area contributed by atoms with Gasteiger partial charge in [0.1, 0.15) is 0 Å². The van der Waals surface area contributed by atoms with E-state index < -0.39 is 0 Å². The molecule has 0 saturated heterocycles. The van der Waals surface area contributed by atoms with Crippen molar-refractivity contribution in [2.24, 2.45) is 11.8 Å². The fraction of sp³-hybridized carbons (Fsp3) is 0.529. The van der Waals surface area contributed by atoms with Gasteiger partial charge in [0.25, 0.3) is 0 Å². The number of anilines is 1. The Morgan fingerprint density at radius 3 is 2.61 bits per heavy atom. The second-order valence-electron chi connectivity index (χ2n) is 6.35. The van der Waals surface area contributed by atoms with Crippen LogP contribution in [0, 0.1) is 18.8 Å². The zero-order valence-electron chi connectivity index (χ0n) is 13.9. The van der Waals surface area contributed by atoms with Gasteiger partial charge in [-0.25, -0.2) is 0 Å². The molecule has 1 aliphatic carbocycles. The Kier molecular flexibility index (Phi) is 6.02. The van der Waals surface area contributed by atoms with E-state index in [1.54, 1.807) is 18.2 Å². The van der Waals surface area contributed by atoms with Crippen LogP contribution in [0.5, 0.6) is 0 Å². The van der Waals surface area contributed by atoms with Crippen molar-refractivity contribution in [3.63, 3.8) is 0 Å². The first-order valence-electron chi connectivity index (χ1n) is 7.88. The largest absolute Gasteiger partial charge is 0.356 e. The zero-order chi connectivity index (χ0) is 17.0. The molecular formula is C17H24ClN3O2. The number of carbonyl (C=O) groups excluding carboxylic acids is 2. The molecule has 0 bridgehead atoms. The third-order valence-electron chi connectivity index (χ3n) is 3.99. The minimum absolute atomic E-state index is 0.0169. The maximum atomic E-state index is 12.2. The Labute approximate surface area is 142 Å². The van der Waals surface area contributed by atoms with E-state index >= 15 is 0 Å². The van der Waals surface area contributed by atoms with Gasteiger partial charge >= 0.3 is 0 Å². The summed E-state index contributed by atoms with van der Waals surface area (Å²) in [6.45, 7) is 3.48. The summed E-state index contributed by atoms with van der Waals surface area (Å²) in [6, 6.07) is 5.33. The van der Waals surface area contributed by atoms with Crippen molar-refractivity contribution in [3.8, 4) is 0 Å². The molecule has 2 N–H and O–H groups in total. The van der Waals surface area contributed by atoms with Crippen LogP contribution in [0.3, 0.4) is 0 Å². The molecule has 0 heterocycles. The van der Waals surface area contributed by atoms with Crippen LogP contribution in [0.4, 0.5) is 5.69 Å². The predicted molar refractivity (Wildman–Crippen MR) is 92.6 cm³/mol. The summed E-state index contributed by atoms with van der Waals surface area (Å²) in [5.41, 5.74) is 1.66. The lowest BCUT2D eigenvalue weighted by Crippen LogP contribution is -2.30. The van der Waals surface area contributed by atoms with Crippen LogP contribution < -0.4 is 10.6 Å². The second kappa shape index (κ2) is 7.79. The molecule has 1 aromatic rings. The number of rotatable bonds is 7. The summed E-state index contributed by atoms with van der Waals surface area (Å²) in [5.74, 6) is -0.526. The molecule has 2 rings (SSSR count). The SMILES string of the molecule is Cc1cc(Cl)ccc1NC(=O)C1CC1C(=O)NCCCN(C)C. The van der Waals surface area contributed by atoms with Gasteiger partial charge < -0.3 is 15.5 Å². The monoisotopic (exact) mass is 337 g/mol. The summed E-state index contributed by atoms with van der Waals surface area (Å²) in [5, 5.41) is 6.43. The van der Waals surface area contributed by atoms with Crippen molar-refractivity contribution >= 4 is 29.1 Å². The van der Waals surface area contributed by atoms with Crippen LogP contribution in [-0.4, -0.2) is 43.9 Å². The maximum absolute atomic E-state index is 12.2. The number of hydrogen-bond acceptors (Lipinski definition) is 3. The van der Waals surface area contributed by atoms with Crippen LogP contribution in [0.15, 0.2) is 18.2 Å². The van der Waals surface area contributed by atoms with Gasteiger partial charge in [-0.05, 0) is 64.2 Å². The fourth-order valence-corrected chi connectivity index (χ4v) is 2.73. The number of carbonyl (C=O) groups is 2. The average molecular weight is 338 g/mol. The third kappa shape index (κ3) is 5.22. The van der Waals surface area contributed by atoms with Crippen LogP contribution >= 0.6 is 11.6 Å². The first-order chi connectivity index (χ1) is 10.9. The Hall–Kier alpha value is -1.59. The lowest BCUT2D eigenvalue weighted by atomic mass is 10.2. The second-order valence-corrected chi connectivity index (χ2v) is 6.78. The quantitative estimate of drug-likeness (QED) is 0.750. The standard InChI is InChI=1S/C17H24ClN3O2/c1-11-9-12(18)5-6-15(11)20-17(23)14-10-13(14)16(22)19-7-4-8-21(2)3/h5-6,9,13-14H,4,7-8,10H2,1-3H3,(H,19,22)(H,20,23). The van der Waals surface area contributed by atoms with Gasteiger partial charge in [0, 0.05) is 17.3 Å². The van der Waals surface area contributed by atoms with Gasteiger partial charge in [0.2, 0.25) is 11.8 Å². The van der Waals surface area contributed by atoms with E-state index in [4.69, 9.17) is 11.6 Å². The first-order valence-corrected chi connectivity index (χ1v) is 8.25. The molecule has 23 heavy (non-hydrogen) atoms. The highest BCUT2D eigenvalue weighted by atomic mass is 35.5. The lowest BCUT2D eigenvalue weighted by Gasteiger charge is -2.10. The van der Waals surface area contributed by atoms with Gasteiger partial charge in [0.05, 0.1) is 11.8 Å². The van der Waals surface area contributed by atoms with E-state index in [0.29, 0.717) is 18.0 Å². The summed E-state index contributed by atoms with van der Waals surface area (Å²) in [6.07, 6.45) is 1.53. The highest BCUT2D eigenvalue weighted by Gasteiger charge is 2.47. The topological polar surface area (TPSA) is 61.4 Å². The van der Waals surface area contributed by atoms with Crippen molar-refractivity contribution in [2.75, 3.05) is 32.5 Å². The van der Waals surface area contributed by atoms with Crippen LogP contribution in [0.1, 0.15) is 18.4 Å². The molecule has 0 aromatic heterocycles. The molecule has 1 aliphatic rings. The number of nitrogens with zero attached hydrogens (tertiary/aromatic N) is 1. The number of amides is 2. The molecule has 0 aliphatic heterocycles. The van der Waals surface area contributed by atoms with Gasteiger partial charge in [0.15, 0.2) is 0 Å². The molecule has 1 aromatic carbocycles. The van der Waals surface area contributed by atoms with Crippen molar-refractivity contribution in [3.05, 3.63) is 28.8 Å². The van der Waals surface area contributed by atoms with Gasteiger partial charge in [-0.2, -0.15) is 0 Å². The number of benzene rings is 1. The van der Waals surface area contributed by atoms with E-state index in [-0.39, 0.29) is 23.7 Å². The minimum Gasteiger partial charge on any atom is -0.356 e. The Bertz CT molecular complexity index is 589. The van der Waals surface area contributed by atoms with E-state index in [1.165, 1.54) is 0 Å². The van der Waals surface area contributed by atoms with E-state index in [1.807, 2.05) is 21.0 Å². The van der Waals surface area contributed by atoms with E-state index in [0.717, 1.165) is 24.2 Å². The van der Waals surface area contributed by atoms with Crippen LogP contribution in [0.2, 0.25) is 5.02 Å². The molecule has 5 nitrogen and oxygen atoms in total. The van der Waals surface area contributed by atoms with Gasteiger partial charge in [-0.15, -0.1) is 0 Å². The van der Waals surface area contributed by atoms with Gasteiger partial charge in [-0.3, -0.25) is 9.59 Å². The minimum atomic E-state index is -0.223. The van der Waals surface area contributed by atoms with Crippen LogP contribution in [0.25, 0.3) is 0 Å². The van der Waals surface area contributed by atoms with E-state index in [2.05, 4.69) is 15.5 Å². The van der Waals surface area contributed by atoms with Gasteiger partial charge in [-0.1, -0.05) is 11.6 Å². The Morgan fingerprint density at radius 1 is 1.26 bits per heavy atom. The zero-order valence-corrected chi connectivity index (χ0v) is 14.6. The number of nitrogens with one attached hydrogen (secondary N) is 2. The summed E-state index contributed by atoms with van der Waals surface area (Å²) >= 11 is 5.90. The number of aryl methyl sites for hydroxylation is 1. The van der Waals surface area contributed by atoms with Crippen molar-refractivity contribution in [2.45, 2.75) is 19.8 Å². The molecule has 0 spiro atoms. The summed E-state index contributed by atoms with van der Waals surface area (Å²) in [4.78, 5) is 26.3. The highest BCUT2D eigenvalue weighted by Crippen LogP contribution is 2.39. The lowest BCUT2D eigenvalue weighted by molar-refractivity contribution is -0.125. The Balaban J connectivity index is 1.76. The molecule has 2 amide bonds. The normalized spacial score (nSPS) is 19.5. The maximum Gasteiger partial charge on any atom is 0.228 e. The van der Waals surface area contributed by atoms with E-state index in [9.17, 15) is 9.59 Å². The van der Waals surface area contributed by atoms with Crippen molar-refractivity contribution in [1.29, 1.82) is 0 Å². The molecule has 126 valence electrons. The molecule has 6 heteroatoms. The Morgan fingerprint density at radius 2 is 1.96 bits per heavy atom. The molecule has 2 atom stereocenters.